The highest BCUT2D eigenvalue weighted by molar-refractivity contribution is 5.94. The summed E-state index contributed by atoms with van der Waals surface area (Å²) in [5, 5.41) is 3.19. The Morgan fingerprint density at radius 2 is 1.71 bits per heavy atom. The van der Waals surface area contributed by atoms with E-state index in [1.807, 2.05) is 55.4 Å². The summed E-state index contributed by atoms with van der Waals surface area (Å²) < 4.78 is 13.2. The molecule has 4 unspecified atom stereocenters. The Hall–Kier alpha value is -2.64. The van der Waals surface area contributed by atoms with Gasteiger partial charge in [0.05, 0.1) is 0 Å². The molecule has 4 aliphatic rings. The number of benzene rings is 2. The fourth-order valence-corrected chi connectivity index (χ4v) is 6.06. The number of piperazine rings is 1. The lowest BCUT2D eigenvalue weighted by atomic mass is 9.75. The van der Waals surface area contributed by atoms with Gasteiger partial charge >= 0.3 is 0 Å². The van der Waals surface area contributed by atoms with E-state index in [2.05, 4.69) is 20.0 Å². The Bertz CT molecular complexity index is 987. The minimum Gasteiger partial charge on any atom is -0.378 e. The van der Waals surface area contributed by atoms with Crippen LogP contribution in [-0.2, 0) is 0 Å². The van der Waals surface area contributed by atoms with Gasteiger partial charge < -0.3 is 15.1 Å². The predicted molar refractivity (Wildman–Crippen MR) is 140 cm³/mol. The molecule has 6 rings (SSSR count). The molecule has 0 saturated carbocycles. The number of anilines is 2. The van der Waals surface area contributed by atoms with Crippen molar-refractivity contribution in [1.82, 2.24) is 15.1 Å². The zero-order chi connectivity index (χ0) is 24.4. The average molecular weight is 480 g/mol. The van der Waals surface area contributed by atoms with E-state index in [0.717, 1.165) is 75.2 Å². The van der Waals surface area contributed by atoms with Crippen molar-refractivity contribution >= 4 is 17.3 Å². The van der Waals surface area contributed by atoms with Crippen LogP contribution >= 0.6 is 0 Å². The summed E-state index contributed by atoms with van der Waals surface area (Å²) in [4.78, 5) is 22.3. The largest absolute Gasteiger partial charge is 0.378 e. The predicted octanol–water partition coefficient (Wildman–Crippen LogP) is 3.15. The van der Waals surface area contributed by atoms with E-state index in [-0.39, 0.29) is 11.7 Å². The number of rotatable bonds is 7. The lowest BCUT2D eigenvalue weighted by molar-refractivity contribution is -0.0120. The van der Waals surface area contributed by atoms with Crippen LogP contribution in [0, 0.1) is 17.7 Å². The molecule has 0 aliphatic carbocycles. The minimum atomic E-state index is -0.175. The monoisotopic (exact) mass is 479 g/mol. The van der Waals surface area contributed by atoms with Gasteiger partial charge in [0.1, 0.15) is 5.82 Å². The van der Waals surface area contributed by atoms with Crippen molar-refractivity contribution in [1.29, 1.82) is 0 Å². The molecule has 2 aromatic rings. The SMILES string of the molecule is CN(C)c1ccc(C(=O)NCC2CC3CCN2CC3CN2CCN(c3ccc(F)cc3)CC2)cc1. The topological polar surface area (TPSA) is 42.1 Å². The molecule has 2 bridgehead atoms. The van der Waals surface area contributed by atoms with Gasteiger partial charge in [-0.1, -0.05) is 0 Å². The van der Waals surface area contributed by atoms with E-state index in [1.54, 1.807) is 12.1 Å². The van der Waals surface area contributed by atoms with Crippen LogP contribution in [0.5, 0.6) is 0 Å². The first-order chi connectivity index (χ1) is 17.0. The molecule has 0 aromatic heterocycles. The zero-order valence-corrected chi connectivity index (χ0v) is 21.0. The molecular weight excluding hydrogens is 441 g/mol. The van der Waals surface area contributed by atoms with E-state index in [1.165, 1.54) is 12.8 Å². The van der Waals surface area contributed by atoms with Gasteiger partial charge in [0.2, 0.25) is 0 Å². The maximum atomic E-state index is 13.2. The van der Waals surface area contributed by atoms with Gasteiger partial charge in [-0.15, -0.1) is 0 Å². The van der Waals surface area contributed by atoms with Gasteiger partial charge in [0, 0.05) is 82.9 Å². The number of hydrogen-bond acceptors (Lipinski definition) is 5. The van der Waals surface area contributed by atoms with Crippen LogP contribution in [0.2, 0.25) is 0 Å². The second kappa shape index (κ2) is 10.5. The summed E-state index contributed by atoms with van der Waals surface area (Å²) in [5.41, 5.74) is 2.94. The number of piperidine rings is 3. The van der Waals surface area contributed by atoms with Crippen molar-refractivity contribution in [3.8, 4) is 0 Å². The van der Waals surface area contributed by atoms with Crippen molar-refractivity contribution in [3.05, 3.63) is 59.9 Å². The van der Waals surface area contributed by atoms with Crippen molar-refractivity contribution in [2.75, 3.05) is 76.3 Å². The quantitative estimate of drug-likeness (QED) is 0.661. The highest BCUT2D eigenvalue weighted by Crippen LogP contribution is 2.36. The van der Waals surface area contributed by atoms with Crippen molar-refractivity contribution in [2.24, 2.45) is 11.8 Å². The first kappa shape index (κ1) is 24.1. The average Bonchev–Trinajstić information content (AvgIpc) is 2.89. The number of carbonyl (C=O) groups is 1. The third-order valence-corrected chi connectivity index (χ3v) is 8.21. The lowest BCUT2D eigenvalue weighted by Crippen LogP contribution is -2.59. The number of hydrogen-bond donors (Lipinski definition) is 1. The fourth-order valence-electron chi connectivity index (χ4n) is 6.06. The first-order valence-electron chi connectivity index (χ1n) is 13.0. The van der Waals surface area contributed by atoms with E-state index < -0.39 is 0 Å². The molecule has 2 aromatic carbocycles. The highest BCUT2D eigenvalue weighted by atomic mass is 19.1. The fraction of sp³-hybridized carbons (Fsp3) is 0.536. The second-order valence-corrected chi connectivity index (χ2v) is 10.6. The number of nitrogens with zero attached hydrogens (tertiary/aromatic N) is 4. The van der Waals surface area contributed by atoms with Crippen LogP contribution < -0.4 is 15.1 Å². The van der Waals surface area contributed by atoms with Crippen LogP contribution in [0.25, 0.3) is 0 Å². The van der Waals surface area contributed by atoms with Crippen molar-refractivity contribution < 1.29 is 9.18 Å². The van der Waals surface area contributed by atoms with Gasteiger partial charge in [0.25, 0.3) is 5.91 Å². The number of halogens is 1. The standard InChI is InChI=1S/C28H38FN5O/c1-31(2)25-7-3-21(4-8-25)28(35)30-18-27-17-22-11-12-34(27)20-23(22)19-32-13-15-33(16-14-32)26-9-5-24(29)6-10-26/h3-10,22-23,27H,11-20H2,1-2H3,(H,30,35). The molecule has 4 atom stereocenters. The summed E-state index contributed by atoms with van der Waals surface area (Å²) in [6, 6.07) is 15.1. The molecule has 4 aliphatic heterocycles. The van der Waals surface area contributed by atoms with Crippen LogP contribution in [-0.4, -0.2) is 88.2 Å². The van der Waals surface area contributed by atoms with E-state index >= 15 is 0 Å². The smallest absolute Gasteiger partial charge is 0.251 e. The Labute approximate surface area is 208 Å². The third-order valence-electron chi connectivity index (χ3n) is 8.21. The summed E-state index contributed by atoms with van der Waals surface area (Å²) >= 11 is 0. The van der Waals surface area contributed by atoms with E-state index in [9.17, 15) is 9.18 Å². The Balaban J connectivity index is 1.07. The maximum absolute atomic E-state index is 13.2. The Kier molecular flexibility index (Phi) is 7.25. The van der Waals surface area contributed by atoms with Crippen LogP contribution in [0.4, 0.5) is 15.8 Å². The van der Waals surface area contributed by atoms with Gasteiger partial charge in [-0.2, -0.15) is 0 Å². The molecule has 1 N–H and O–H groups in total. The summed E-state index contributed by atoms with van der Waals surface area (Å²) in [6.45, 7) is 8.30. The molecule has 6 nitrogen and oxygen atoms in total. The Morgan fingerprint density at radius 3 is 2.34 bits per heavy atom. The second-order valence-electron chi connectivity index (χ2n) is 10.6. The molecule has 4 saturated heterocycles. The van der Waals surface area contributed by atoms with Gasteiger partial charge in [0.15, 0.2) is 0 Å². The van der Waals surface area contributed by atoms with Crippen LogP contribution in [0.1, 0.15) is 23.2 Å². The number of fused-ring (bicyclic) bond motifs is 3. The van der Waals surface area contributed by atoms with Crippen molar-refractivity contribution in [2.45, 2.75) is 18.9 Å². The maximum Gasteiger partial charge on any atom is 0.251 e. The molecule has 1 amide bonds. The number of carbonyl (C=O) groups excluding carboxylic acids is 1. The molecule has 4 heterocycles. The van der Waals surface area contributed by atoms with Crippen molar-refractivity contribution in [3.63, 3.8) is 0 Å². The minimum absolute atomic E-state index is 0.0218. The van der Waals surface area contributed by atoms with E-state index in [0.29, 0.717) is 12.0 Å². The molecular formula is C28H38FN5O. The number of amides is 1. The Morgan fingerprint density at radius 1 is 1.00 bits per heavy atom. The van der Waals surface area contributed by atoms with Gasteiger partial charge in [-0.3, -0.25) is 14.6 Å². The third kappa shape index (κ3) is 5.62. The first-order valence-corrected chi connectivity index (χ1v) is 13.0. The molecule has 7 heteroatoms. The lowest BCUT2D eigenvalue weighted by Gasteiger charge is -2.51. The molecule has 35 heavy (non-hydrogen) atoms. The number of nitrogens with one attached hydrogen (secondary N) is 1. The summed E-state index contributed by atoms with van der Waals surface area (Å²) in [7, 11) is 4.01. The molecule has 0 spiro atoms. The normalized spacial score (nSPS) is 26.5. The van der Waals surface area contributed by atoms with Crippen LogP contribution in [0.3, 0.4) is 0 Å². The van der Waals surface area contributed by atoms with Gasteiger partial charge in [-0.05, 0) is 79.8 Å². The molecule has 0 radical (unpaired) electrons. The highest BCUT2D eigenvalue weighted by Gasteiger charge is 2.40. The summed E-state index contributed by atoms with van der Waals surface area (Å²) in [5.74, 6) is 1.31. The van der Waals surface area contributed by atoms with E-state index in [4.69, 9.17) is 0 Å². The molecule has 4 fully saturated rings. The molecule has 188 valence electrons. The summed E-state index contributed by atoms with van der Waals surface area (Å²) in [6.07, 6.45) is 2.46. The van der Waals surface area contributed by atoms with Crippen LogP contribution in [0.15, 0.2) is 48.5 Å². The zero-order valence-electron chi connectivity index (χ0n) is 21.0. The van der Waals surface area contributed by atoms with Gasteiger partial charge in [-0.25, -0.2) is 4.39 Å².